The fraction of sp³-hybridized carbons (Fsp3) is 0.125. The molecule has 0 aliphatic rings. The predicted molar refractivity (Wildman–Crippen MR) is 80.3 cm³/mol. The Morgan fingerprint density at radius 1 is 1.10 bits per heavy atom. The van der Waals surface area contributed by atoms with Crippen molar-refractivity contribution in [2.24, 2.45) is 0 Å². The minimum atomic E-state index is -0.522. The Kier molecular flexibility index (Phi) is 3.31. The second-order valence-corrected chi connectivity index (χ2v) is 4.71. The molecule has 5 nitrogen and oxygen atoms in total. The average molecular weight is 282 g/mol. The maximum Gasteiger partial charge on any atom is 0.420 e. The van der Waals surface area contributed by atoms with E-state index in [0.717, 1.165) is 5.69 Å². The normalized spacial score (nSPS) is 10.7. The van der Waals surface area contributed by atoms with E-state index in [4.69, 9.17) is 4.42 Å². The minimum Gasteiger partial charge on any atom is -0.408 e. The molecule has 0 aliphatic carbocycles. The molecule has 0 radical (unpaired) electrons. The number of likely N-dealkylation sites (N-methyl/N-ethyl adjacent to an activating group) is 1. The number of nitrogens with zero attached hydrogens (tertiary/aromatic N) is 2. The third-order valence-electron chi connectivity index (χ3n) is 3.38. The summed E-state index contributed by atoms with van der Waals surface area (Å²) in [6, 6.07) is 16.3. The average Bonchev–Trinajstić information content (AvgIpc) is 2.83. The predicted octanol–water partition coefficient (Wildman–Crippen LogP) is 2.26. The second-order valence-electron chi connectivity index (χ2n) is 4.71. The molecule has 1 aromatic heterocycles. The standard InChI is InChI=1S/C16H14N2O3/c1-17(12-7-3-2-4-8-12)15(19)11-18-13-9-5-6-10-14(13)21-16(18)20/h2-10H,11H2,1H3. The van der Waals surface area contributed by atoms with Crippen molar-refractivity contribution in [3.05, 3.63) is 65.1 Å². The molecule has 0 saturated carbocycles. The van der Waals surface area contributed by atoms with Gasteiger partial charge in [-0.3, -0.25) is 9.36 Å². The maximum absolute atomic E-state index is 12.3. The highest BCUT2D eigenvalue weighted by Crippen LogP contribution is 2.14. The molecule has 3 rings (SSSR count). The van der Waals surface area contributed by atoms with Crippen molar-refractivity contribution in [3.63, 3.8) is 0 Å². The fourth-order valence-electron chi connectivity index (χ4n) is 2.20. The zero-order valence-corrected chi connectivity index (χ0v) is 11.5. The van der Waals surface area contributed by atoms with Gasteiger partial charge in [0.1, 0.15) is 6.54 Å². The second kappa shape index (κ2) is 5.28. The lowest BCUT2D eigenvalue weighted by atomic mass is 10.3. The number of hydrogen-bond donors (Lipinski definition) is 0. The number of carbonyl (C=O) groups excluding carboxylic acids is 1. The quantitative estimate of drug-likeness (QED) is 0.740. The highest BCUT2D eigenvalue weighted by molar-refractivity contribution is 5.93. The highest BCUT2D eigenvalue weighted by Gasteiger charge is 2.16. The monoisotopic (exact) mass is 282 g/mol. The van der Waals surface area contributed by atoms with Gasteiger partial charge >= 0.3 is 5.76 Å². The van der Waals surface area contributed by atoms with Crippen molar-refractivity contribution < 1.29 is 9.21 Å². The highest BCUT2D eigenvalue weighted by atomic mass is 16.4. The van der Waals surface area contributed by atoms with Gasteiger partial charge < -0.3 is 9.32 Å². The molecule has 0 unspecified atom stereocenters. The first-order valence-electron chi connectivity index (χ1n) is 6.57. The third kappa shape index (κ3) is 2.45. The number of rotatable bonds is 3. The van der Waals surface area contributed by atoms with Crippen LogP contribution in [0.25, 0.3) is 11.1 Å². The molecule has 1 amide bonds. The molecule has 0 atom stereocenters. The van der Waals surface area contributed by atoms with E-state index < -0.39 is 5.76 Å². The van der Waals surface area contributed by atoms with Crippen LogP contribution in [0.1, 0.15) is 0 Å². The van der Waals surface area contributed by atoms with Gasteiger partial charge in [-0.1, -0.05) is 30.3 Å². The SMILES string of the molecule is CN(C(=O)Cn1c(=O)oc2ccccc21)c1ccccc1. The first-order valence-corrected chi connectivity index (χ1v) is 6.57. The summed E-state index contributed by atoms with van der Waals surface area (Å²) in [7, 11) is 1.69. The smallest absolute Gasteiger partial charge is 0.408 e. The van der Waals surface area contributed by atoms with Crippen LogP contribution in [-0.2, 0) is 11.3 Å². The van der Waals surface area contributed by atoms with Crippen molar-refractivity contribution in [1.29, 1.82) is 0 Å². The van der Waals surface area contributed by atoms with Crippen LogP contribution in [0.15, 0.2) is 63.8 Å². The molecule has 3 aromatic rings. The lowest BCUT2D eigenvalue weighted by Crippen LogP contribution is -2.32. The summed E-state index contributed by atoms with van der Waals surface area (Å²) in [5.41, 5.74) is 1.89. The van der Waals surface area contributed by atoms with E-state index in [1.165, 1.54) is 9.47 Å². The zero-order chi connectivity index (χ0) is 14.8. The lowest BCUT2D eigenvalue weighted by molar-refractivity contribution is -0.118. The summed E-state index contributed by atoms with van der Waals surface area (Å²) in [6.45, 7) is -0.0543. The number of aromatic nitrogens is 1. The minimum absolute atomic E-state index is 0.0543. The Hall–Kier alpha value is -2.82. The lowest BCUT2D eigenvalue weighted by Gasteiger charge is -2.17. The number of hydrogen-bond acceptors (Lipinski definition) is 3. The maximum atomic E-state index is 12.3. The summed E-state index contributed by atoms with van der Waals surface area (Å²) in [4.78, 5) is 25.7. The summed E-state index contributed by atoms with van der Waals surface area (Å²) in [5.74, 6) is -0.708. The largest absolute Gasteiger partial charge is 0.420 e. The van der Waals surface area contributed by atoms with Crippen molar-refractivity contribution >= 4 is 22.7 Å². The van der Waals surface area contributed by atoms with Crippen molar-refractivity contribution in [2.45, 2.75) is 6.54 Å². The van der Waals surface area contributed by atoms with Gasteiger partial charge in [0, 0.05) is 12.7 Å². The van der Waals surface area contributed by atoms with Crippen LogP contribution in [0.3, 0.4) is 0 Å². The number of anilines is 1. The molecule has 0 bridgehead atoms. The summed E-state index contributed by atoms with van der Waals surface area (Å²) >= 11 is 0. The van der Waals surface area contributed by atoms with Crippen LogP contribution in [0.2, 0.25) is 0 Å². The van der Waals surface area contributed by atoms with Crippen LogP contribution in [0, 0.1) is 0 Å². The van der Waals surface area contributed by atoms with Crippen LogP contribution in [0.4, 0.5) is 5.69 Å². The zero-order valence-electron chi connectivity index (χ0n) is 11.5. The molecule has 1 heterocycles. The van der Waals surface area contributed by atoms with Gasteiger partial charge in [-0.25, -0.2) is 4.79 Å². The molecule has 0 aliphatic heterocycles. The van der Waals surface area contributed by atoms with E-state index in [2.05, 4.69) is 0 Å². The molecule has 0 spiro atoms. The van der Waals surface area contributed by atoms with Gasteiger partial charge in [-0.2, -0.15) is 0 Å². The van der Waals surface area contributed by atoms with E-state index in [0.29, 0.717) is 11.1 Å². The van der Waals surface area contributed by atoms with Crippen molar-refractivity contribution in [1.82, 2.24) is 4.57 Å². The molecule has 21 heavy (non-hydrogen) atoms. The van der Waals surface area contributed by atoms with Crippen LogP contribution in [0.5, 0.6) is 0 Å². The van der Waals surface area contributed by atoms with Gasteiger partial charge in [0.25, 0.3) is 0 Å². The molecular weight excluding hydrogens is 268 g/mol. The van der Waals surface area contributed by atoms with E-state index in [1.807, 2.05) is 30.3 Å². The number of para-hydroxylation sites is 3. The number of carbonyl (C=O) groups is 1. The van der Waals surface area contributed by atoms with Gasteiger partial charge in [-0.05, 0) is 24.3 Å². The summed E-state index contributed by atoms with van der Waals surface area (Å²) < 4.78 is 6.47. The molecule has 0 fully saturated rings. The van der Waals surface area contributed by atoms with Crippen LogP contribution < -0.4 is 10.7 Å². The van der Waals surface area contributed by atoms with Gasteiger partial charge in [0.15, 0.2) is 5.58 Å². The topological polar surface area (TPSA) is 55.5 Å². The molecule has 5 heteroatoms. The molecule has 2 aromatic carbocycles. The van der Waals surface area contributed by atoms with Gasteiger partial charge in [0.2, 0.25) is 5.91 Å². The number of fused-ring (bicyclic) bond motifs is 1. The molecule has 0 N–H and O–H groups in total. The number of amides is 1. The molecular formula is C16H14N2O3. The Labute approximate surface area is 121 Å². The third-order valence-corrected chi connectivity index (χ3v) is 3.38. The van der Waals surface area contributed by atoms with Gasteiger partial charge in [0.05, 0.1) is 5.52 Å². The Morgan fingerprint density at radius 3 is 2.52 bits per heavy atom. The first kappa shape index (κ1) is 13.2. The number of oxazole rings is 1. The summed E-state index contributed by atoms with van der Waals surface area (Å²) in [5, 5.41) is 0. The van der Waals surface area contributed by atoms with E-state index in [-0.39, 0.29) is 12.5 Å². The first-order chi connectivity index (χ1) is 10.2. The van der Waals surface area contributed by atoms with E-state index >= 15 is 0 Å². The molecule has 0 saturated heterocycles. The van der Waals surface area contributed by atoms with Crippen molar-refractivity contribution in [3.8, 4) is 0 Å². The van der Waals surface area contributed by atoms with E-state index in [9.17, 15) is 9.59 Å². The Morgan fingerprint density at radius 2 is 1.76 bits per heavy atom. The Balaban J connectivity index is 1.90. The fourth-order valence-corrected chi connectivity index (χ4v) is 2.20. The van der Waals surface area contributed by atoms with Crippen molar-refractivity contribution in [2.75, 3.05) is 11.9 Å². The Bertz CT molecular complexity index is 833. The number of benzene rings is 2. The van der Waals surface area contributed by atoms with E-state index in [1.54, 1.807) is 31.3 Å². The van der Waals surface area contributed by atoms with Gasteiger partial charge in [-0.15, -0.1) is 0 Å². The van der Waals surface area contributed by atoms with Crippen LogP contribution in [-0.4, -0.2) is 17.5 Å². The van der Waals surface area contributed by atoms with Crippen LogP contribution >= 0.6 is 0 Å². The summed E-state index contributed by atoms with van der Waals surface area (Å²) in [6.07, 6.45) is 0. The molecule has 106 valence electrons.